The van der Waals surface area contributed by atoms with Gasteiger partial charge in [-0.15, -0.1) is 0 Å². The number of amides is 1. The molecule has 1 aromatic heterocycles. The van der Waals surface area contributed by atoms with Gasteiger partial charge in [0.25, 0.3) is 0 Å². The highest BCUT2D eigenvalue weighted by Gasteiger charge is 2.30. The van der Waals surface area contributed by atoms with Crippen LogP contribution in [0.4, 0.5) is 5.95 Å². The minimum absolute atomic E-state index is 0.123. The highest BCUT2D eigenvalue weighted by molar-refractivity contribution is 6.31. The van der Waals surface area contributed by atoms with Crippen LogP contribution in [-0.2, 0) is 9.53 Å². The number of carbonyl (C=O) groups is 1. The molecule has 4 rings (SSSR count). The Hall–Kier alpha value is -1.79. The van der Waals surface area contributed by atoms with Gasteiger partial charge < -0.3 is 19.5 Å². The second-order valence-electron chi connectivity index (χ2n) is 6.42. The number of ether oxygens (including phenoxy) is 1. The highest BCUT2D eigenvalue weighted by Crippen LogP contribution is 2.26. The van der Waals surface area contributed by atoms with Crippen molar-refractivity contribution in [2.75, 3.05) is 44.3 Å². The molecule has 2 aromatic rings. The molecule has 2 saturated heterocycles. The quantitative estimate of drug-likeness (QED) is 0.904. The first kappa shape index (κ1) is 15.7. The lowest BCUT2D eigenvalue weighted by molar-refractivity contribution is -0.140. The van der Waals surface area contributed by atoms with Gasteiger partial charge in [0.15, 0.2) is 0 Å². The molecule has 1 N–H and O–H groups in total. The van der Waals surface area contributed by atoms with Crippen LogP contribution in [0.1, 0.15) is 12.8 Å². The van der Waals surface area contributed by atoms with Crippen molar-refractivity contribution in [1.29, 1.82) is 0 Å². The van der Waals surface area contributed by atoms with E-state index in [2.05, 4.69) is 14.9 Å². The summed E-state index contributed by atoms with van der Waals surface area (Å²) in [5, 5.41) is 0.701. The number of benzene rings is 1. The van der Waals surface area contributed by atoms with Crippen molar-refractivity contribution < 1.29 is 9.53 Å². The Morgan fingerprint density at radius 3 is 2.71 bits per heavy atom. The molecule has 0 unspecified atom stereocenters. The summed E-state index contributed by atoms with van der Waals surface area (Å²) in [5.41, 5.74) is 1.87. The second-order valence-corrected chi connectivity index (χ2v) is 6.86. The molecule has 7 heteroatoms. The van der Waals surface area contributed by atoms with E-state index in [0.717, 1.165) is 56.0 Å². The lowest BCUT2D eigenvalue weighted by Gasteiger charge is -2.35. The molecule has 128 valence electrons. The number of nitrogens with one attached hydrogen (secondary N) is 1. The fourth-order valence-corrected chi connectivity index (χ4v) is 3.67. The summed E-state index contributed by atoms with van der Waals surface area (Å²) in [4.78, 5) is 24.7. The second kappa shape index (κ2) is 6.61. The van der Waals surface area contributed by atoms with Gasteiger partial charge in [0.1, 0.15) is 0 Å². The Bertz CT molecular complexity index is 733. The van der Waals surface area contributed by atoms with Gasteiger partial charge in [-0.3, -0.25) is 4.79 Å². The van der Waals surface area contributed by atoms with E-state index in [1.807, 2.05) is 23.1 Å². The minimum Gasteiger partial charge on any atom is -0.378 e. The van der Waals surface area contributed by atoms with E-state index in [4.69, 9.17) is 16.3 Å². The van der Waals surface area contributed by atoms with Crippen molar-refractivity contribution >= 4 is 34.5 Å². The van der Waals surface area contributed by atoms with E-state index in [-0.39, 0.29) is 11.8 Å². The fraction of sp³-hybridized carbons (Fsp3) is 0.529. The zero-order chi connectivity index (χ0) is 16.5. The number of fused-ring (bicyclic) bond motifs is 1. The number of carbonyl (C=O) groups excluding carboxylic acids is 1. The number of nitrogens with zero attached hydrogens (tertiary/aromatic N) is 3. The largest absolute Gasteiger partial charge is 0.378 e. The maximum atomic E-state index is 12.6. The average molecular weight is 349 g/mol. The van der Waals surface area contributed by atoms with Crippen LogP contribution in [0.2, 0.25) is 5.02 Å². The Balaban J connectivity index is 1.40. The fourth-order valence-electron chi connectivity index (χ4n) is 3.50. The van der Waals surface area contributed by atoms with E-state index in [1.165, 1.54) is 0 Å². The predicted octanol–water partition coefficient (Wildman–Crippen LogP) is 2.29. The molecule has 6 nitrogen and oxygen atoms in total. The van der Waals surface area contributed by atoms with Gasteiger partial charge in [-0.1, -0.05) is 11.6 Å². The summed E-state index contributed by atoms with van der Waals surface area (Å²) in [6.45, 7) is 4.45. The smallest absolute Gasteiger partial charge is 0.225 e. The van der Waals surface area contributed by atoms with Crippen molar-refractivity contribution in [2.45, 2.75) is 12.8 Å². The third-order valence-electron chi connectivity index (χ3n) is 4.90. The standard InChI is InChI=1S/C17H21ClN4O2/c18-13-1-2-14-15(11-13)20-17(19-14)22-5-3-12(4-6-22)16(23)21-7-9-24-10-8-21/h1-2,11-12H,3-10H2,(H,19,20). The maximum Gasteiger partial charge on any atom is 0.225 e. The van der Waals surface area contributed by atoms with E-state index in [1.54, 1.807) is 0 Å². The van der Waals surface area contributed by atoms with Crippen molar-refractivity contribution in [1.82, 2.24) is 14.9 Å². The molecule has 3 heterocycles. The summed E-state index contributed by atoms with van der Waals surface area (Å²) < 4.78 is 5.33. The summed E-state index contributed by atoms with van der Waals surface area (Å²) in [6, 6.07) is 5.66. The molecule has 24 heavy (non-hydrogen) atoms. The number of hydrogen-bond donors (Lipinski definition) is 1. The third kappa shape index (κ3) is 3.08. The summed E-state index contributed by atoms with van der Waals surface area (Å²) in [5.74, 6) is 1.28. The molecular weight excluding hydrogens is 328 g/mol. The Labute approximate surface area is 145 Å². The topological polar surface area (TPSA) is 61.5 Å². The number of hydrogen-bond acceptors (Lipinski definition) is 4. The van der Waals surface area contributed by atoms with Crippen LogP contribution in [0.3, 0.4) is 0 Å². The summed E-state index contributed by atoms with van der Waals surface area (Å²) >= 11 is 6.03. The number of aromatic amines is 1. The van der Waals surface area contributed by atoms with Gasteiger partial charge in [-0.2, -0.15) is 0 Å². The number of piperidine rings is 1. The average Bonchev–Trinajstić information content (AvgIpc) is 3.05. The lowest BCUT2D eigenvalue weighted by atomic mass is 9.95. The van der Waals surface area contributed by atoms with Gasteiger partial charge in [0, 0.05) is 37.1 Å². The SMILES string of the molecule is O=C(C1CCN(c2nc3ccc(Cl)cc3[nH]2)CC1)N1CCOCC1. The molecular formula is C17H21ClN4O2. The molecule has 1 aromatic carbocycles. The van der Waals surface area contributed by atoms with Gasteiger partial charge >= 0.3 is 0 Å². The minimum atomic E-state index is 0.123. The van der Waals surface area contributed by atoms with Crippen LogP contribution >= 0.6 is 11.6 Å². The number of aromatic nitrogens is 2. The first-order valence-electron chi connectivity index (χ1n) is 8.47. The maximum absolute atomic E-state index is 12.6. The van der Waals surface area contributed by atoms with Crippen LogP contribution in [0, 0.1) is 5.92 Å². The highest BCUT2D eigenvalue weighted by atomic mass is 35.5. The van der Waals surface area contributed by atoms with Crippen LogP contribution in [-0.4, -0.2) is 60.2 Å². The van der Waals surface area contributed by atoms with Crippen molar-refractivity contribution in [3.8, 4) is 0 Å². The molecule has 0 spiro atoms. The monoisotopic (exact) mass is 348 g/mol. The van der Waals surface area contributed by atoms with Crippen molar-refractivity contribution in [3.63, 3.8) is 0 Å². The van der Waals surface area contributed by atoms with Crippen LogP contribution in [0.5, 0.6) is 0 Å². The lowest BCUT2D eigenvalue weighted by Crippen LogP contribution is -2.47. The number of morpholine rings is 1. The normalized spacial score (nSPS) is 19.9. The van der Waals surface area contributed by atoms with Crippen LogP contribution in [0.25, 0.3) is 11.0 Å². The van der Waals surface area contributed by atoms with E-state index < -0.39 is 0 Å². The van der Waals surface area contributed by atoms with Gasteiger partial charge in [0.2, 0.25) is 11.9 Å². The van der Waals surface area contributed by atoms with Gasteiger partial charge in [-0.05, 0) is 31.0 Å². The number of imidazole rings is 1. The zero-order valence-corrected chi connectivity index (χ0v) is 14.3. The first-order valence-corrected chi connectivity index (χ1v) is 8.85. The number of anilines is 1. The molecule has 2 aliphatic rings. The Kier molecular flexibility index (Phi) is 4.33. The van der Waals surface area contributed by atoms with Crippen LogP contribution < -0.4 is 4.90 Å². The first-order chi connectivity index (χ1) is 11.7. The van der Waals surface area contributed by atoms with Gasteiger partial charge in [0.05, 0.1) is 24.2 Å². The molecule has 1 amide bonds. The predicted molar refractivity (Wildman–Crippen MR) is 93.4 cm³/mol. The van der Waals surface area contributed by atoms with E-state index in [9.17, 15) is 4.79 Å². The Morgan fingerprint density at radius 1 is 1.21 bits per heavy atom. The molecule has 0 aliphatic carbocycles. The van der Waals surface area contributed by atoms with E-state index >= 15 is 0 Å². The number of H-pyrrole nitrogens is 1. The summed E-state index contributed by atoms with van der Waals surface area (Å²) in [7, 11) is 0. The Morgan fingerprint density at radius 2 is 1.96 bits per heavy atom. The molecule has 2 aliphatic heterocycles. The number of halogens is 1. The molecule has 2 fully saturated rings. The third-order valence-corrected chi connectivity index (χ3v) is 5.13. The summed E-state index contributed by atoms with van der Waals surface area (Å²) in [6.07, 6.45) is 1.74. The van der Waals surface area contributed by atoms with Crippen molar-refractivity contribution in [3.05, 3.63) is 23.2 Å². The molecule has 0 atom stereocenters. The zero-order valence-electron chi connectivity index (χ0n) is 13.5. The molecule has 0 saturated carbocycles. The number of rotatable bonds is 2. The molecule has 0 radical (unpaired) electrons. The molecule has 0 bridgehead atoms. The van der Waals surface area contributed by atoms with Crippen LogP contribution in [0.15, 0.2) is 18.2 Å². The van der Waals surface area contributed by atoms with E-state index in [0.29, 0.717) is 18.2 Å². The van der Waals surface area contributed by atoms with Crippen molar-refractivity contribution in [2.24, 2.45) is 5.92 Å². The van der Waals surface area contributed by atoms with Gasteiger partial charge in [-0.25, -0.2) is 4.98 Å².